The lowest BCUT2D eigenvalue weighted by Crippen LogP contribution is -2.38. The van der Waals surface area contributed by atoms with Gasteiger partial charge < -0.3 is 10.0 Å². The maximum Gasteiger partial charge on any atom is 0.226 e. The summed E-state index contributed by atoms with van der Waals surface area (Å²) in [4.78, 5) is 14.0. The number of aliphatic hydroxyl groups excluding tert-OH is 1. The summed E-state index contributed by atoms with van der Waals surface area (Å²) in [7, 11) is 0. The highest BCUT2D eigenvalue weighted by molar-refractivity contribution is 5.80. The van der Waals surface area contributed by atoms with Gasteiger partial charge in [0, 0.05) is 19.0 Å². The highest BCUT2D eigenvalue weighted by atomic mass is 16.3. The topological polar surface area (TPSA) is 40.5 Å². The zero-order chi connectivity index (χ0) is 12.3. The number of carbonyl (C=O) groups is 1. The van der Waals surface area contributed by atoms with Crippen molar-refractivity contribution in [3.8, 4) is 0 Å². The molecule has 0 aromatic heterocycles. The molecule has 3 nitrogen and oxygen atoms in total. The van der Waals surface area contributed by atoms with E-state index in [1.807, 2.05) is 19.1 Å². The molecule has 0 bridgehead atoms. The number of aliphatic hydroxyl groups is 1. The summed E-state index contributed by atoms with van der Waals surface area (Å²) >= 11 is 0. The van der Waals surface area contributed by atoms with Crippen LogP contribution in [0.1, 0.15) is 18.1 Å². The first-order chi connectivity index (χ1) is 8.26. The third-order valence-electron chi connectivity index (χ3n) is 3.46. The molecule has 0 radical (unpaired) electrons. The number of rotatable bonds is 4. The van der Waals surface area contributed by atoms with Gasteiger partial charge in [0.25, 0.3) is 0 Å². The van der Waals surface area contributed by atoms with E-state index in [2.05, 4.69) is 12.1 Å². The molecule has 0 atom stereocenters. The van der Waals surface area contributed by atoms with Gasteiger partial charge in [0.15, 0.2) is 0 Å². The van der Waals surface area contributed by atoms with Gasteiger partial charge in [-0.1, -0.05) is 24.3 Å². The van der Waals surface area contributed by atoms with Crippen LogP contribution in [0.2, 0.25) is 0 Å². The van der Waals surface area contributed by atoms with Crippen molar-refractivity contribution in [1.29, 1.82) is 0 Å². The summed E-state index contributed by atoms with van der Waals surface area (Å²) in [5.74, 6) is 0.247. The van der Waals surface area contributed by atoms with Gasteiger partial charge in [0.05, 0.1) is 6.61 Å². The van der Waals surface area contributed by atoms with Crippen LogP contribution in [-0.2, 0) is 17.6 Å². The molecule has 1 N–H and O–H groups in total. The number of amides is 1. The Hall–Kier alpha value is -1.35. The van der Waals surface area contributed by atoms with Gasteiger partial charge in [-0.05, 0) is 30.9 Å². The van der Waals surface area contributed by atoms with Crippen LogP contribution in [0.25, 0.3) is 0 Å². The molecule has 17 heavy (non-hydrogen) atoms. The Balaban J connectivity index is 2.04. The average Bonchev–Trinajstić information content (AvgIpc) is 2.78. The second-order valence-electron chi connectivity index (χ2n) is 4.52. The molecule has 1 aliphatic rings. The van der Waals surface area contributed by atoms with E-state index in [-0.39, 0.29) is 18.4 Å². The Morgan fingerprint density at radius 2 is 1.94 bits per heavy atom. The van der Waals surface area contributed by atoms with Crippen LogP contribution in [0.5, 0.6) is 0 Å². The van der Waals surface area contributed by atoms with Crippen LogP contribution in [0.3, 0.4) is 0 Å². The average molecular weight is 233 g/mol. The number of carbonyl (C=O) groups excluding carboxylic acids is 1. The number of hydrogen-bond donors (Lipinski definition) is 1. The Morgan fingerprint density at radius 3 is 2.41 bits per heavy atom. The van der Waals surface area contributed by atoms with Crippen LogP contribution in [0.15, 0.2) is 24.3 Å². The molecule has 92 valence electrons. The summed E-state index contributed by atoms with van der Waals surface area (Å²) < 4.78 is 0. The van der Waals surface area contributed by atoms with E-state index in [1.165, 1.54) is 11.1 Å². The maximum atomic E-state index is 12.2. The van der Waals surface area contributed by atoms with Crippen molar-refractivity contribution in [2.24, 2.45) is 5.92 Å². The molecule has 0 fully saturated rings. The third-order valence-corrected chi connectivity index (χ3v) is 3.46. The molecule has 0 spiro atoms. The van der Waals surface area contributed by atoms with E-state index in [1.54, 1.807) is 4.90 Å². The van der Waals surface area contributed by atoms with Crippen molar-refractivity contribution in [2.75, 3.05) is 19.7 Å². The minimum absolute atomic E-state index is 0.0409. The zero-order valence-corrected chi connectivity index (χ0v) is 10.2. The fraction of sp³-hybridized carbons (Fsp3) is 0.500. The highest BCUT2D eigenvalue weighted by Gasteiger charge is 2.29. The minimum Gasteiger partial charge on any atom is -0.395 e. The van der Waals surface area contributed by atoms with Crippen molar-refractivity contribution in [1.82, 2.24) is 4.90 Å². The van der Waals surface area contributed by atoms with E-state index < -0.39 is 0 Å². The lowest BCUT2D eigenvalue weighted by molar-refractivity contribution is -0.135. The molecule has 1 amide bonds. The predicted molar refractivity (Wildman–Crippen MR) is 66.7 cm³/mol. The molecule has 1 aromatic rings. The molecule has 0 unspecified atom stereocenters. The quantitative estimate of drug-likeness (QED) is 0.850. The largest absolute Gasteiger partial charge is 0.395 e. The summed E-state index contributed by atoms with van der Waals surface area (Å²) in [6.45, 7) is 3.11. The second-order valence-corrected chi connectivity index (χ2v) is 4.52. The van der Waals surface area contributed by atoms with E-state index in [4.69, 9.17) is 5.11 Å². The van der Waals surface area contributed by atoms with Gasteiger partial charge in [-0.3, -0.25) is 4.79 Å². The van der Waals surface area contributed by atoms with Gasteiger partial charge in [-0.15, -0.1) is 0 Å². The SMILES string of the molecule is CCN(CCO)C(=O)C1Cc2ccccc2C1. The maximum absolute atomic E-state index is 12.2. The lowest BCUT2D eigenvalue weighted by atomic mass is 10.0. The molecule has 0 saturated heterocycles. The van der Waals surface area contributed by atoms with Gasteiger partial charge in [0.2, 0.25) is 5.91 Å². The second kappa shape index (κ2) is 5.32. The first-order valence-electron chi connectivity index (χ1n) is 6.22. The molecule has 0 aliphatic heterocycles. The molecular weight excluding hydrogens is 214 g/mol. The molecule has 0 heterocycles. The summed E-state index contributed by atoms with van der Waals surface area (Å²) in [6.07, 6.45) is 1.69. The van der Waals surface area contributed by atoms with Gasteiger partial charge in [-0.2, -0.15) is 0 Å². The number of nitrogens with zero attached hydrogens (tertiary/aromatic N) is 1. The van der Waals surface area contributed by atoms with Crippen LogP contribution < -0.4 is 0 Å². The van der Waals surface area contributed by atoms with Crippen molar-refractivity contribution in [2.45, 2.75) is 19.8 Å². The zero-order valence-electron chi connectivity index (χ0n) is 10.2. The van der Waals surface area contributed by atoms with Gasteiger partial charge >= 0.3 is 0 Å². The number of hydrogen-bond acceptors (Lipinski definition) is 2. The Bertz CT molecular complexity index is 378. The number of likely N-dealkylation sites (N-methyl/N-ethyl adjacent to an activating group) is 1. The Morgan fingerprint density at radius 1 is 1.35 bits per heavy atom. The number of benzene rings is 1. The summed E-state index contributed by atoms with van der Waals surface area (Å²) in [6, 6.07) is 8.25. The molecular formula is C14H19NO2. The Labute approximate surface area is 102 Å². The first-order valence-corrected chi connectivity index (χ1v) is 6.22. The fourth-order valence-corrected chi connectivity index (χ4v) is 2.54. The summed E-state index contributed by atoms with van der Waals surface area (Å²) in [5, 5.41) is 8.94. The third kappa shape index (κ3) is 2.50. The van der Waals surface area contributed by atoms with Gasteiger partial charge in [-0.25, -0.2) is 0 Å². The highest BCUT2D eigenvalue weighted by Crippen LogP contribution is 2.27. The smallest absolute Gasteiger partial charge is 0.226 e. The van der Waals surface area contributed by atoms with Crippen molar-refractivity contribution >= 4 is 5.91 Å². The van der Waals surface area contributed by atoms with E-state index in [0.717, 1.165) is 12.8 Å². The first kappa shape index (κ1) is 12.1. The summed E-state index contributed by atoms with van der Waals surface area (Å²) in [5.41, 5.74) is 2.59. The predicted octanol–water partition coefficient (Wildman–Crippen LogP) is 1.24. The van der Waals surface area contributed by atoms with Crippen LogP contribution in [-0.4, -0.2) is 35.6 Å². The molecule has 2 rings (SSSR count). The van der Waals surface area contributed by atoms with Crippen molar-refractivity contribution < 1.29 is 9.90 Å². The Kier molecular flexibility index (Phi) is 3.79. The normalized spacial score (nSPS) is 14.7. The molecule has 1 aliphatic carbocycles. The minimum atomic E-state index is 0.0409. The van der Waals surface area contributed by atoms with Crippen LogP contribution in [0.4, 0.5) is 0 Å². The van der Waals surface area contributed by atoms with E-state index in [0.29, 0.717) is 13.1 Å². The standard InChI is InChI=1S/C14H19NO2/c1-2-15(7-8-16)14(17)13-9-11-5-3-4-6-12(11)10-13/h3-6,13,16H,2,7-10H2,1H3. The van der Waals surface area contributed by atoms with Crippen molar-refractivity contribution in [3.63, 3.8) is 0 Å². The number of fused-ring (bicyclic) bond motifs is 1. The fourth-order valence-electron chi connectivity index (χ4n) is 2.54. The van der Waals surface area contributed by atoms with Gasteiger partial charge in [0.1, 0.15) is 0 Å². The van der Waals surface area contributed by atoms with Crippen molar-refractivity contribution in [3.05, 3.63) is 35.4 Å². The molecule has 3 heteroatoms. The van der Waals surface area contributed by atoms with E-state index >= 15 is 0 Å². The van der Waals surface area contributed by atoms with E-state index in [9.17, 15) is 4.79 Å². The monoisotopic (exact) mass is 233 g/mol. The lowest BCUT2D eigenvalue weighted by Gasteiger charge is -2.23. The van der Waals surface area contributed by atoms with Crippen LogP contribution in [0, 0.1) is 5.92 Å². The van der Waals surface area contributed by atoms with Crippen LogP contribution >= 0.6 is 0 Å². The molecule has 1 aromatic carbocycles. The molecule has 0 saturated carbocycles.